The first-order valence-corrected chi connectivity index (χ1v) is 11.3. The molecule has 174 valence electrons. The van der Waals surface area contributed by atoms with E-state index in [1.54, 1.807) is 36.7 Å². The van der Waals surface area contributed by atoms with Gasteiger partial charge in [0.15, 0.2) is 5.76 Å². The summed E-state index contributed by atoms with van der Waals surface area (Å²) in [5.74, 6) is -1.46. The van der Waals surface area contributed by atoms with Crippen molar-refractivity contribution in [3.05, 3.63) is 88.0 Å². The highest BCUT2D eigenvalue weighted by Crippen LogP contribution is 2.22. The SMILES string of the molecule is O=C(NCCCON(Nc1ccc(I)cc1F)C(=O)c1cc2cnccc2o1)c1ccncc1. The number of halogens is 2. The Morgan fingerprint density at radius 1 is 1.09 bits per heavy atom. The average Bonchev–Trinajstić information content (AvgIpc) is 3.29. The molecule has 3 aromatic heterocycles. The summed E-state index contributed by atoms with van der Waals surface area (Å²) in [6.45, 7) is 0.362. The van der Waals surface area contributed by atoms with E-state index < -0.39 is 11.7 Å². The largest absolute Gasteiger partial charge is 0.451 e. The molecule has 0 saturated carbocycles. The Morgan fingerprint density at radius 3 is 2.65 bits per heavy atom. The number of anilines is 1. The van der Waals surface area contributed by atoms with Gasteiger partial charge in [-0.2, -0.15) is 0 Å². The minimum atomic E-state index is -0.657. The zero-order valence-corrected chi connectivity index (χ0v) is 19.9. The van der Waals surface area contributed by atoms with E-state index in [4.69, 9.17) is 9.25 Å². The minimum Gasteiger partial charge on any atom is -0.451 e. The summed E-state index contributed by atoms with van der Waals surface area (Å²) in [7, 11) is 0. The van der Waals surface area contributed by atoms with Gasteiger partial charge in [-0.05, 0) is 71.5 Å². The molecule has 3 heterocycles. The van der Waals surface area contributed by atoms with Crippen LogP contribution in [0.5, 0.6) is 0 Å². The number of furan rings is 1. The van der Waals surface area contributed by atoms with E-state index in [1.807, 2.05) is 22.6 Å². The molecule has 0 aliphatic carbocycles. The lowest BCUT2D eigenvalue weighted by molar-refractivity contribution is -0.108. The number of hydrazine groups is 1. The third-order valence-corrected chi connectivity index (χ3v) is 5.31. The average molecular weight is 575 g/mol. The lowest BCUT2D eigenvalue weighted by Crippen LogP contribution is -2.37. The summed E-state index contributed by atoms with van der Waals surface area (Å²) in [5, 5.41) is 4.22. The highest BCUT2D eigenvalue weighted by atomic mass is 127. The van der Waals surface area contributed by atoms with Crippen molar-refractivity contribution in [2.24, 2.45) is 0 Å². The summed E-state index contributed by atoms with van der Waals surface area (Å²) in [4.78, 5) is 38.7. The van der Waals surface area contributed by atoms with Gasteiger partial charge in [0.25, 0.3) is 5.91 Å². The van der Waals surface area contributed by atoms with Gasteiger partial charge in [0.05, 0.1) is 12.3 Å². The fourth-order valence-corrected chi connectivity index (χ4v) is 3.41. The van der Waals surface area contributed by atoms with E-state index in [9.17, 15) is 14.0 Å². The van der Waals surface area contributed by atoms with Crippen LogP contribution in [-0.2, 0) is 4.84 Å². The van der Waals surface area contributed by atoms with Gasteiger partial charge >= 0.3 is 5.91 Å². The number of pyridine rings is 2. The lowest BCUT2D eigenvalue weighted by Gasteiger charge is -2.22. The van der Waals surface area contributed by atoms with E-state index in [-0.39, 0.29) is 24.0 Å². The van der Waals surface area contributed by atoms with Crippen LogP contribution >= 0.6 is 22.6 Å². The molecule has 0 aliphatic rings. The number of benzene rings is 1. The van der Waals surface area contributed by atoms with Crippen LogP contribution < -0.4 is 10.7 Å². The first-order chi connectivity index (χ1) is 16.5. The van der Waals surface area contributed by atoms with Gasteiger partial charge in [-0.15, -0.1) is 5.17 Å². The van der Waals surface area contributed by atoms with Crippen molar-refractivity contribution in [3.8, 4) is 0 Å². The Bertz CT molecular complexity index is 1270. The minimum absolute atomic E-state index is 0.00703. The van der Waals surface area contributed by atoms with Crippen molar-refractivity contribution in [2.75, 3.05) is 18.6 Å². The third kappa shape index (κ3) is 5.85. The van der Waals surface area contributed by atoms with E-state index >= 15 is 0 Å². The molecule has 1 aromatic carbocycles. The molecule has 4 aromatic rings. The maximum absolute atomic E-state index is 14.4. The van der Waals surface area contributed by atoms with E-state index in [0.717, 1.165) is 5.17 Å². The molecule has 0 saturated heterocycles. The van der Waals surface area contributed by atoms with Crippen molar-refractivity contribution in [1.29, 1.82) is 0 Å². The summed E-state index contributed by atoms with van der Waals surface area (Å²) in [5.41, 5.74) is 3.68. The monoisotopic (exact) mass is 575 g/mol. The molecule has 2 amide bonds. The van der Waals surface area contributed by atoms with Gasteiger partial charge in [-0.3, -0.25) is 29.8 Å². The Morgan fingerprint density at radius 2 is 1.88 bits per heavy atom. The van der Waals surface area contributed by atoms with Crippen molar-refractivity contribution in [3.63, 3.8) is 0 Å². The second-order valence-corrected chi connectivity index (χ2v) is 8.28. The summed E-state index contributed by atoms with van der Waals surface area (Å²) in [6, 6.07) is 10.9. The topological polar surface area (TPSA) is 110 Å². The fourth-order valence-electron chi connectivity index (χ4n) is 2.96. The smallest absolute Gasteiger partial charge is 0.332 e. The molecular formula is C23H19FIN5O4. The highest BCUT2D eigenvalue weighted by Gasteiger charge is 2.23. The molecule has 11 heteroatoms. The second kappa shape index (κ2) is 11.0. The molecular weight excluding hydrogens is 556 g/mol. The fraction of sp³-hybridized carbons (Fsp3) is 0.130. The molecule has 0 unspecified atom stereocenters. The number of amides is 2. The predicted molar refractivity (Wildman–Crippen MR) is 130 cm³/mol. The number of rotatable bonds is 9. The van der Waals surface area contributed by atoms with Crippen LogP contribution in [0.25, 0.3) is 11.0 Å². The highest BCUT2D eigenvalue weighted by molar-refractivity contribution is 14.1. The maximum atomic E-state index is 14.4. The number of hydrogen-bond donors (Lipinski definition) is 2. The standard InChI is InChI=1S/C23H19FIN5O4/c24-18-13-17(25)2-3-19(18)29-30(23(32)21-12-16-14-27-10-6-20(16)34-21)33-11-1-7-28-22(31)15-4-8-26-9-5-15/h2-6,8-10,12-14,29H,1,7,11H2,(H,28,31). The van der Waals surface area contributed by atoms with Crippen LogP contribution in [0, 0.1) is 9.39 Å². The number of carbonyl (C=O) groups excluding carboxylic acids is 2. The van der Waals surface area contributed by atoms with Crippen molar-refractivity contribution < 1.29 is 23.2 Å². The number of fused-ring (bicyclic) bond motifs is 1. The summed E-state index contributed by atoms with van der Waals surface area (Å²) >= 11 is 1.99. The number of nitrogens with one attached hydrogen (secondary N) is 2. The van der Waals surface area contributed by atoms with Gasteiger partial charge in [0, 0.05) is 45.9 Å². The maximum Gasteiger partial charge on any atom is 0.332 e. The van der Waals surface area contributed by atoms with E-state index in [2.05, 4.69) is 20.7 Å². The molecule has 2 N–H and O–H groups in total. The van der Waals surface area contributed by atoms with E-state index in [1.165, 1.54) is 30.6 Å². The van der Waals surface area contributed by atoms with Crippen LogP contribution in [0.2, 0.25) is 0 Å². The molecule has 0 fully saturated rings. The summed E-state index contributed by atoms with van der Waals surface area (Å²) < 4.78 is 20.7. The van der Waals surface area contributed by atoms with Gasteiger partial charge in [0.1, 0.15) is 11.4 Å². The number of hydroxylamine groups is 1. The lowest BCUT2D eigenvalue weighted by atomic mass is 10.2. The molecule has 0 radical (unpaired) electrons. The number of nitrogens with zero attached hydrogens (tertiary/aromatic N) is 3. The molecule has 0 aliphatic heterocycles. The quantitative estimate of drug-likeness (QED) is 0.175. The van der Waals surface area contributed by atoms with Crippen molar-refractivity contribution in [1.82, 2.24) is 20.5 Å². The van der Waals surface area contributed by atoms with Gasteiger partial charge in [0.2, 0.25) is 0 Å². The van der Waals surface area contributed by atoms with Gasteiger partial charge in [-0.1, -0.05) is 0 Å². The van der Waals surface area contributed by atoms with E-state index in [0.29, 0.717) is 33.1 Å². The number of carbonyl (C=O) groups is 2. The Balaban J connectivity index is 1.41. The molecule has 0 bridgehead atoms. The molecule has 0 atom stereocenters. The van der Waals surface area contributed by atoms with Gasteiger partial charge in [-0.25, -0.2) is 4.39 Å². The summed E-state index contributed by atoms with van der Waals surface area (Å²) in [6.07, 6.45) is 6.57. The number of hydrogen-bond acceptors (Lipinski definition) is 7. The van der Waals surface area contributed by atoms with Crippen LogP contribution in [-0.4, -0.2) is 40.1 Å². The normalized spacial score (nSPS) is 10.8. The molecule has 0 spiro atoms. The molecule has 4 rings (SSSR count). The van der Waals surface area contributed by atoms with Crippen LogP contribution in [0.1, 0.15) is 27.3 Å². The van der Waals surface area contributed by atoms with Crippen LogP contribution in [0.15, 0.2) is 71.7 Å². The van der Waals surface area contributed by atoms with Crippen LogP contribution in [0.3, 0.4) is 0 Å². The first-order valence-electron chi connectivity index (χ1n) is 10.2. The van der Waals surface area contributed by atoms with Crippen LogP contribution in [0.4, 0.5) is 10.1 Å². The molecule has 9 nitrogen and oxygen atoms in total. The molecule has 34 heavy (non-hydrogen) atoms. The third-order valence-electron chi connectivity index (χ3n) is 4.63. The first kappa shape index (κ1) is 23.6. The second-order valence-electron chi connectivity index (χ2n) is 7.04. The predicted octanol–water partition coefficient (Wildman–Crippen LogP) is 4.19. The zero-order valence-electron chi connectivity index (χ0n) is 17.7. The Labute approximate surface area is 207 Å². The van der Waals surface area contributed by atoms with Crippen molar-refractivity contribution >= 4 is 51.1 Å². The number of aromatic nitrogens is 2. The zero-order chi connectivity index (χ0) is 23.9. The Kier molecular flexibility index (Phi) is 7.65. The van der Waals surface area contributed by atoms with Crippen molar-refractivity contribution in [2.45, 2.75) is 6.42 Å². The van der Waals surface area contributed by atoms with Gasteiger partial charge < -0.3 is 9.73 Å². The Hall–Kier alpha value is -3.58.